The van der Waals surface area contributed by atoms with E-state index in [-0.39, 0.29) is 5.91 Å². The first-order valence-electron chi connectivity index (χ1n) is 3.68. The van der Waals surface area contributed by atoms with Gasteiger partial charge in [0.2, 0.25) is 5.91 Å². The van der Waals surface area contributed by atoms with Gasteiger partial charge in [-0.05, 0) is 25.1 Å². The maximum absolute atomic E-state index is 10.8. The Bertz CT molecular complexity index is 299. The van der Waals surface area contributed by atoms with Crippen LogP contribution >= 0.6 is 0 Å². The highest BCUT2D eigenvalue weighted by Crippen LogP contribution is 2.07. The van der Waals surface area contributed by atoms with Gasteiger partial charge in [0.15, 0.2) is 0 Å². The number of carbonyl (C=O) groups excluding carboxylic acids is 1. The van der Waals surface area contributed by atoms with Gasteiger partial charge in [0, 0.05) is 13.1 Å². The van der Waals surface area contributed by atoms with Gasteiger partial charge >= 0.3 is 0 Å². The molecule has 3 heteroatoms. The summed E-state index contributed by atoms with van der Waals surface area (Å²) in [6.45, 7) is 1.86. The number of furan rings is 1. The van der Waals surface area contributed by atoms with Crippen LogP contribution in [-0.4, -0.2) is 13.0 Å². The Balaban J connectivity index is 2.63. The number of hydrogen-bond acceptors (Lipinski definition) is 2. The second kappa shape index (κ2) is 3.76. The van der Waals surface area contributed by atoms with E-state index in [0.29, 0.717) is 5.76 Å². The summed E-state index contributed by atoms with van der Waals surface area (Å²) < 4.78 is 5.21. The molecule has 0 aliphatic carbocycles. The van der Waals surface area contributed by atoms with Crippen molar-refractivity contribution < 1.29 is 9.21 Å². The van der Waals surface area contributed by atoms with Crippen molar-refractivity contribution in [2.75, 3.05) is 7.05 Å². The van der Waals surface area contributed by atoms with E-state index in [4.69, 9.17) is 4.42 Å². The molecule has 12 heavy (non-hydrogen) atoms. The molecule has 3 nitrogen and oxygen atoms in total. The second-order valence-corrected chi connectivity index (χ2v) is 2.40. The van der Waals surface area contributed by atoms with Crippen molar-refractivity contribution in [1.29, 1.82) is 0 Å². The number of rotatable bonds is 2. The van der Waals surface area contributed by atoms with Gasteiger partial charge in [0.05, 0.1) is 0 Å². The molecule has 0 aliphatic heterocycles. The number of hydrogen-bond donors (Lipinski definition) is 1. The molecule has 1 N–H and O–H groups in total. The van der Waals surface area contributed by atoms with E-state index in [2.05, 4.69) is 5.32 Å². The number of amides is 1. The van der Waals surface area contributed by atoms with Gasteiger partial charge < -0.3 is 9.73 Å². The number of likely N-dealkylation sites (N-methyl/N-ethyl adjacent to an activating group) is 1. The van der Waals surface area contributed by atoms with Gasteiger partial charge in [-0.25, -0.2) is 0 Å². The number of carbonyl (C=O) groups is 1. The zero-order valence-electron chi connectivity index (χ0n) is 7.13. The smallest absolute Gasteiger partial charge is 0.243 e. The normalized spacial score (nSPS) is 10.5. The molecule has 0 spiro atoms. The summed E-state index contributed by atoms with van der Waals surface area (Å²) in [5.74, 6) is 1.40. The highest BCUT2D eigenvalue weighted by Gasteiger charge is 1.93. The van der Waals surface area contributed by atoms with Crippen molar-refractivity contribution in [3.8, 4) is 0 Å². The molecule has 0 saturated carbocycles. The number of nitrogens with one attached hydrogen (secondary N) is 1. The van der Waals surface area contributed by atoms with Crippen molar-refractivity contribution in [2.24, 2.45) is 0 Å². The minimum atomic E-state index is -0.135. The van der Waals surface area contributed by atoms with Crippen molar-refractivity contribution >= 4 is 12.0 Å². The van der Waals surface area contributed by atoms with Crippen LogP contribution in [0.25, 0.3) is 6.08 Å². The molecule has 1 aromatic rings. The molecule has 64 valence electrons. The lowest BCUT2D eigenvalue weighted by atomic mass is 10.4. The zero-order valence-corrected chi connectivity index (χ0v) is 7.13. The lowest BCUT2D eigenvalue weighted by molar-refractivity contribution is -0.115. The molecule has 1 rings (SSSR count). The molecule has 1 aromatic heterocycles. The van der Waals surface area contributed by atoms with Crippen LogP contribution in [0.15, 0.2) is 22.6 Å². The van der Waals surface area contributed by atoms with E-state index >= 15 is 0 Å². The fourth-order valence-electron chi connectivity index (χ4n) is 0.784. The van der Waals surface area contributed by atoms with E-state index in [0.717, 1.165) is 5.76 Å². The van der Waals surface area contributed by atoms with Crippen LogP contribution in [0.2, 0.25) is 0 Å². The van der Waals surface area contributed by atoms with Gasteiger partial charge in [-0.1, -0.05) is 0 Å². The third-order valence-electron chi connectivity index (χ3n) is 1.41. The topological polar surface area (TPSA) is 42.2 Å². The Labute approximate surface area is 71.1 Å². The minimum absolute atomic E-state index is 0.135. The van der Waals surface area contributed by atoms with E-state index in [1.54, 1.807) is 13.1 Å². The minimum Gasteiger partial charge on any atom is -0.462 e. The summed E-state index contributed by atoms with van der Waals surface area (Å²) in [6, 6.07) is 3.66. The maximum atomic E-state index is 10.8. The molecule has 0 atom stereocenters. The molecule has 0 bridgehead atoms. The Kier molecular flexibility index (Phi) is 2.69. The highest BCUT2D eigenvalue weighted by atomic mass is 16.3. The Morgan fingerprint density at radius 3 is 2.83 bits per heavy atom. The molecule has 0 fully saturated rings. The third-order valence-corrected chi connectivity index (χ3v) is 1.41. The predicted molar refractivity (Wildman–Crippen MR) is 46.5 cm³/mol. The highest BCUT2D eigenvalue weighted by molar-refractivity contribution is 5.91. The van der Waals surface area contributed by atoms with Crippen LogP contribution in [0.5, 0.6) is 0 Å². The molecule has 0 aliphatic rings. The van der Waals surface area contributed by atoms with Gasteiger partial charge in [0.25, 0.3) is 0 Å². The fourth-order valence-corrected chi connectivity index (χ4v) is 0.784. The van der Waals surface area contributed by atoms with Crippen LogP contribution in [-0.2, 0) is 4.79 Å². The van der Waals surface area contributed by atoms with Crippen LogP contribution in [0.4, 0.5) is 0 Å². The van der Waals surface area contributed by atoms with E-state index in [1.165, 1.54) is 6.08 Å². The Morgan fingerprint density at radius 1 is 1.58 bits per heavy atom. The fraction of sp³-hybridized carbons (Fsp3) is 0.222. The van der Waals surface area contributed by atoms with E-state index in [1.807, 2.05) is 19.1 Å². The van der Waals surface area contributed by atoms with Crippen LogP contribution in [0.3, 0.4) is 0 Å². The average molecular weight is 165 g/mol. The van der Waals surface area contributed by atoms with Crippen molar-refractivity contribution in [3.05, 3.63) is 29.7 Å². The first-order valence-corrected chi connectivity index (χ1v) is 3.68. The van der Waals surface area contributed by atoms with Gasteiger partial charge in [-0.15, -0.1) is 0 Å². The standard InChI is InChI=1S/C9H11NO2/c1-7-3-4-8(12-7)5-6-9(11)10-2/h3-6H,1-2H3,(H,10,11). The van der Waals surface area contributed by atoms with Gasteiger partial charge in [0.1, 0.15) is 11.5 Å². The van der Waals surface area contributed by atoms with Gasteiger partial charge in [-0.3, -0.25) is 4.79 Å². The summed E-state index contributed by atoms with van der Waals surface area (Å²) in [5.41, 5.74) is 0. The Morgan fingerprint density at radius 2 is 2.33 bits per heavy atom. The van der Waals surface area contributed by atoms with Crippen molar-refractivity contribution in [2.45, 2.75) is 6.92 Å². The quantitative estimate of drug-likeness (QED) is 0.672. The molecular formula is C9H11NO2. The zero-order chi connectivity index (χ0) is 8.97. The van der Waals surface area contributed by atoms with Gasteiger partial charge in [-0.2, -0.15) is 0 Å². The summed E-state index contributed by atoms with van der Waals surface area (Å²) in [4.78, 5) is 10.8. The maximum Gasteiger partial charge on any atom is 0.243 e. The molecule has 0 radical (unpaired) electrons. The summed E-state index contributed by atoms with van der Waals surface area (Å²) in [5, 5.41) is 2.47. The predicted octanol–water partition coefficient (Wildman–Crippen LogP) is 1.35. The molecule has 0 unspecified atom stereocenters. The molecular weight excluding hydrogens is 154 g/mol. The number of aryl methyl sites for hydroxylation is 1. The Hall–Kier alpha value is -1.51. The second-order valence-electron chi connectivity index (χ2n) is 2.40. The lowest BCUT2D eigenvalue weighted by Crippen LogP contribution is -2.13. The molecule has 0 aromatic carbocycles. The molecule has 1 amide bonds. The largest absolute Gasteiger partial charge is 0.462 e. The summed E-state index contributed by atoms with van der Waals surface area (Å²) >= 11 is 0. The first-order chi connectivity index (χ1) is 5.72. The summed E-state index contributed by atoms with van der Waals surface area (Å²) in [6.07, 6.45) is 3.06. The van der Waals surface area contributed by atoms with Crippen LogP contribution in [0.1, 0.15) is 11.5 Å². The third kappa shape index (κ3) is 2.27. The van der Waals surface area contributed by atoms with Crippen molar-refractivity contribution in [1.82, 2.24) is 5.32 Å². The molecule has 1 heterocycles. The monoisotopic (exact) mass is 165 g/mol. The van der Waals surface area contributed by atoms with Crippen LogP contribution < -0.4 is 5.32 Å². The van der Waals surface area contributed by atoms with Crippen LogP contribution in [0, 0.1) is 6.92 Å². The van der Waals surface area contributed by atoms with E-state index in [9.17, 15) is 4.79 Å². The lowest BCUT2D eigenvalue weighted by Gasteiger charge is -1.87. The molecule has 0 saturated heterocycles. The summed E-state index contributed by atoms with van der Waals surface area (Å²) in [7, 11) is 1.58. The first kappa shape index (κ1) is 8.59. The SMILES string of the molecule is CNC(=O)C=Cc1ccc(C)o1. The average Bonchev–Trinajstić information content (AvgIpc) is 2.47. The van der Waals surface area contributed by atoms with Crippen molar-refractivity contribution in [3.63, 3.8) is 0 Å². The van der Waals surface area contributed by atoms with E-state index < -0.39 is 0 Å².